The highest BCUT2D eigenvalue weighted by atomic mass is 16.5. The first kappa shape index (κ1) is 19.5. The maximum atomic E-state index is 5.78. The van der Waals surface area contributed by atoms with Crippen LogP contribution in [0.2, 0.25) is 0 Å². The fraction of sp³-hybridized carbons (Fsp3) is 0.632. The van der Waals surface area contributed by atoms with E-state index in [1.165, 1.54) is 0 Å². The summed E-state index contributed by atoms with van der Waals surface area (Å²) in [6.07, 6.45) is 0. The van der Waals surface area contributed by atoms with Crippen LogP contribution >= 0.6 is 0 Å². The predicted molar refractivity (Wildman–Crippen MR) is 102 cm³/mol. The number of morpholine rings is 1. The highest BCUT2D eigenvalue weighted by Gasteiger charge is 2.17. The zero-order valence-corrected chi connectivity index (χ0v) is 15.8. The second-order valence-corrected chi connectivity index (χ2v) is 6.28. The normalized spacial score (nSPS) is 17.2. The standard InChI is InChI=1S/C19H32N4O2/c1-4-20-19(21-16-17(2)23-11-13-24-14-12-23)22(3)10-15-25-18-8-6-5-7-9-18/h5-9,17H,4,10-16H2,1-3H3,(H,20,21). The second kappa shape index (κ2) is 10.9. The third kappa shape index (κ3) is 6.92. The minimum Gasteiger partial charge on any atom is -0.492 e. The van der Waals surface area contributed by atoms with Gasteiger partial charge in [0.2, 0.25) is 0 Å². The first-order valence-electron chi connectivity index (χ1n) is 9.19. The second-order valence-electron chi connectivity index (χ2n) is 6.28. The molecule has 0 spiro atoms. The monoisotopic (exact) mass is 348 g/mol. The number of ether oxygens (including phenoxy) is 2. The van der Waals surface area contributed by atoms with Crippen LogP contribution in [0.4, 0.5) is 0 Å². The number of guanidine groups is 1. The van der Waals surface area contributed by atoms with E-state index in [9.17, 15) is 0 Å². The van der Waals surface area contributed by atoms with E-state index in [-0.39, 0.29) is 0 Å². The molecular formula is C19H32N4O2. The highest BCUT2D eigenvalue weighted by Crippen LogP contribution is 2.08. The summed E-state index contributed by atoms with van der Waals surface area (Å²) in [5.41, 5.74) is 0. The number of nitrogens with zero attached hydrogens (tertiary/aromatic N) is 3. The van der Waals surface area contributed by atoms with Crippen LogP contribution in [0, 0.1) is 0 Å². The van der Waals surface area contributed by atoms with Crippen LogP contribution in [0.1, 0.15) is 13.8 Å². The molecule has 0 aliphatic carbocycles. The van der Waals surface area contributed by atoms with Gasteiger partial charge in [-0.15, -0.1) is 0 Å². The molecule has 0 amide bonds. The van der Waals surface area contributed by atoms with Crippen molar-refractivity contribution >= 4 is 5.96 Å². The van der Waals surface area contributed by atoms with Crippen molar-refractivity contribution in [1.82, 2.24) is 15.1 Å². The molecule has 1 fully saturated rings. The number of para-hydroxylation sites is 1. The summed E-state index contributed by atoms with van der Waals surface area (Å²) < 4.78 is 11.2. The first-order valence-corrected chi connectivity index (χ1v) is 9.19. The molecule has 1 aromatic carbocycles. The molecule has 1 aromatic rings. The quantitative estimate of drug-likeness (QED) is 0.572. The molecule has 0 radical (unpaired) electrons. The largest absolute Gasteiger partial charge is 0.492 e. The lowest BCUT2D eigenvalue weighted by Crippen LogP contribution is -2.45. The fourth-order valence-electron chi connectivity index (χ4n) is 2.75. The van der Waals surface area contributed by atoms with Crippen molar-refractivity contribution in [2.75, 3.05) is 59.6 Å². The molecule has 1 saturated heterocycles. The van der Waals surface area contributed by atoms with Gasteiger partial charge in [0.05, 0.1) is 26.3 Å². The number of hydrogen-bond donors (Lipinski definition) is 1. The van der Waals surface area contributed by atoms with E-state index < -0.39 is 0 Å². The maximum Gasteiger partial charge on any atom is 0.193 e. The van der Waals surface area contributed by atoms with E-state index in [4.69, 9.17) is 14.5 Å². The van der Waals surface area contributed by atoms with Gasteiger partial charge in [-0.1, -0.05) is 18.2 Å². The molecule has 1 heterocycles. The van der Waals surface area contributed by atoms with Crippen molar-refractivity contribution in [3.05, 3.63) is 30.3 Å². The Kier molecular flexibility index (Phi) is 8.55. The van der Waals surface area contributed by atoms with Crippen LogP contribution in [0.5, 0.6) is 5.75 Å². The van der Waals surface area contributed by atoms with Crippen molar-refractivity contribution in [2.45, 2.75) is 19.9 Å². The van der Waals surface area contributed by atoms with E-state index in [0.29, 0.717) is 12.6 Å². The van der Waals surface area contributed by atoms with Crippen molar-refractivity contribution in [3.8, 4) is 5.75 Å². The number of rotatable bonds is 8. The molecule has 0 bridgehead atoms. The molecule has 1 aliphatic rings. The number of hydrogen-bond acceptors (Lipinski definition) is 4. The third-order valence-electron chi connectivity index (χ3n) is 4.31. The zero-order chi connectivity index (χ0) is 17.9. The molecule has 1 atom stereocenters. The summed E-state index contributed by atoms with van der Waals surface area (Å²) in [5.74, 6) is 1.83. The van der Waals surface area contributed by atoms with Gasteiger partial charge in [0, 0.05) is 32.7 Å². The van der Waals surface area contributed by atoms with Gasteiger partial charge in [0.25, 0.3) is 0 Å². The van der Waals surface area contributed by atoms with Crippen molar-refractivity contribution in [3.63, 3.8) is 0 Å². The highest BCUT2D eigenvalue weighted by molar-refractivity contribution is 5.79. The third-order valence-corrected chi connectivity index (χ3v) is 4.31. The van der Waals surface area contributed by atoms with Gasteiger partial charge < -0.3 is 19.7 Å². The molecule has 0 aromatic heterocycles. The average molecular weight is 348 g/mol. The number of likely N-dealkylation sites (N-methyl/N-ethyl adjacent to an activating group) is 1. The molecule has 1 N–H and O–H groups in total. The van der Waals surface area contributed by atoms with E-state index >= 15 is 0 Å². The van der Waals surface area contributed by atoms with E-state index in [1.807, 2.05) is 30.3 Å². The molecule has 6 heteroatoms. The molecule has 1 unspecified atom stereocenters. The average Bonchev–Trinajstić information content (AvgIpc) is 2.66. The van der Waals surface area contributed by atoms with Gasteiger partial charge in [0.1, 0.15) is 12.4 Å². The van der Waals surface area contributed by atoms with Crippen LogP contribution in [-0.4, -0.2) is 81.4 Å². The van der Waals surface area contributed by atoms with Crippen LogP contribution in [0.3, 0.4) is 0 Å². The number of nitrogens with one attached hydrogen (secondary N) is 1. The summed E-state index contributed by atoms with van der Waals surface area (Å²) in [6.45, 7) is 11.0. The first-order chi connectivity index (χ1) is 12.2. The van der Waals surface area contributed by atoms with E-state index in [1.54, 1.807) is 0 Å². The van der Waals surface area contributed by atoms with Crippen molar-refractivity contribution in [1.29, 1.82) is 0 Å². The SMILES string of the molecule is CCNC(=NCC(C)N1CCOCC1)N(C)CCOc1ccccc1. The van der Waals surface area contributed by atoms with Crippen molar-refractivity contribution < 1.29 is 9.47 Å². The van der Waals surface area contributed by atoms with Gasteiger partial charge in [-0.2, -0.15) is 0 Å². The molecule has 6 nitrogen and oxygen atoms in total. The molecule has 1 aliphatic heterocycles. The Morgan fingerprint density at radius 3 is 2.72 bits per heavy atom. The summed E-state index contributed by atoms with van der Waals surface area (Å²) in [6, 6.07) is 10.3. The lowest BCUT2D eigenvalue weighted by atomic mass is 10.2. The zero-order valence-electron chi connectivity index (χ0n) is 15.8. The lowest BCUT2D eigenvalue weighted by Gasteiger charge is -2.31. The molecule has 140 valence electrons. The van der Waals surface area contributed by atoms with Gasteiger partial charge in [-0.25, -0.2) is 0 Å². The van der Waals surface area contributed by atoms with Gasteiger partial charge in [-0.3, -0.25) is 9.89 Å². The summed E-state index contributed by atoms with van der Waals surface area (Å²) in [4.78, 5) is 9.37. The van der Waals surface area contributed by atoms with Crippen molar-refractivity contribution in [2.24, 2.45) is 4.99 Å². The Bertz CT molecular complexity index is 503. The van der Waals surface area contributed by atoms with Crippen LogP contribution < -0.4 is 10.1 Å². The molecule has 2 rings (SSSR count). The topological polar surface area (TPSA) is 49.3 Å². The summed E-state index contributed by atoms with van der Waals surface area (Å²) >= 11 is 0. The van der Waals surface area contributed by atoms with Gasteiger partial charge in [0.15, 0.2) is 5.96 Å². The van der Waals surface area contributed by atoms with Crippen LogP contribution in [0.25, 0.3) is 0 Å². The maximum absolute atomic E-state index is 5.78. The van der Waals surface area contributed by atoms with Gasteiger partial charge >= 0.3 is 0 Å². The number of benzene rings is 1. The van der Waals surface area contributed by atoms with E-state index in [2.05, 4.69) is 36.0 Å². The summed E-state index contributed by atoms with van der Waals surface area (Å²) in [7, 11) is 2.05. The van der Waals surface area contributed by atoms with Crippen LogP contribution in [0.15, 0.2) is 35.3 Å². The lowest BCUT2D eigenvalue weighted by molar-refractivity contribution is 0.0220. The van der Waals surface area contributed by atoms with E-state index in [0.717, 1.165) is 57.6 Å². The Morgan fingerprint density at radius 2 is 2.04 bits per heavy atom. The summed E-state index contributed by atoms with van der Waals surface area (Å²) in [5, 5.41) is 3.37. The Hall–Kier alpha value is -1.79. The Labute approximate surface area is 151 Å². The van der Waals surface area contributed by atoms with Crippen LogP contribution in [-0.2, 0) is 4.74 Å². The minimum atomic E-state index is 0.423. The fourth-order valence-corrected chi connectivity index (χ4v) is 2.75. The number of aliphatic imine (C=N–C) groups is 1. The smallest absolute Gasteiger partial charge is 0.193 e. The molecule has 0 saturated carbocycles. The van der Waals surface area contributed by atoms with Gasteiger partial charge in [-0.05, 0) is 26.0 Å². The molecular weight excluding hydrogens is 316 g/mol. The minimum absolute atomic E-state index is 0.423. The molecule has 25 heavy (non-hydrogen) atoms. The Balaban J connectivity index is 1.80. The Morgan fingerprint density at radius 1 is 1.32 bits per heavy atom. The predicted octanol–water partition coefficient (Wildman–Crippen LogP) is 1.68.